The van der Waals surface area contributed by atoms with Gasteiger partial charge >= 0.3 is 5.97 Å². The van der Waals surface area contributed by atoms with Crippen LogP contribution in [0.1, 0.15) is 40.9 Å². The Morgan fingerprint density at radius 3 is 2.59 bits per heavy atom. The van der Waals surface area contributed by atoms with E-state index in [1.807, 2.05) is 0 Å². The van der Waals surface area contributed by atoms with Crippen LogP contribution in [0.2, 0.25) is 0 Å². The van der Waals surface area contributed by atoms with Gasteiger partial charge in [-0.25, -0.2) is 9.18 Å². The Kier molecular flexibility index (Phi) is 3.87. The maximum atomic E-state index is 13.4. The Balaban J connectivity index is 2.01. The number of rotatable bonds is 2. The van der Waals surface area contributed by atoms with Crippen molar-refractivity contribution in [1.29, 1.82) is 0 Å². The minimum atomic E-state index is -0.967. The molecule has 2 aromatic rings. The molecule has 0 atom stereocenters. The lowest BCUT2D eigenvalue weighted by atomic mass is 9.87. The van der Waals surface area contributed by atoms with Crippen LogP contribution in [0.5, 0.6) is 0 Å². The van der Waals surface area contributed by atoms with Gasteiger partial charge in [0.1, 0.15) is 10.7 Å². The number of halogens is 1. The molecule has 0 aliphatic carbocycles. The molecule has 1 aromatic heterocycles. The third-order valence-corrected chi connectivity index (χ3v) is 5.39. The normalized spacial score (nSPS) is 16.2. The van der Waals surface area contributed by atoms with Crippen molar-refractivity contribution in [3.05, 3.63) is 34.5 Å². The molecule has 1 aliphatic heterocycles. The standard InChI is InChI=1S/C16H16FNO3S/c1-9(19)18-6-4-10(5-7-18)14-12-3-2-11(17)8-13(12)22-15(14)16(20)21/h2-3,8,10H,4-7H2,1H3,(H,20,21). The summed E-state index contributed by atoms with van der Waals surface area (Å²) < 4.78 is 14.0. The number of carbonyl (C=O) groups is 2. The maximum absolute atomic E-state index is 13.4. The second kappa shape index (κ2) is 5.68. The highest BCUT2D eigenvalue weighted by atomic mass is 32.1. The number of hydrogen-bond acceptors (Lipinski definition) is 3. The number of carbonyl (C=O) groups excluding carboxylic acids is 1. The first kappa shape index (κ1) is 15.0. The SMILES string of the molecule is CC(=O)N1CCC(c2c(C(=O)O)sc3cc(F)ccc23)CC1. The molecule has 1 fully saturated rings. The van der Waals surface area contributed by atoms with Crippen LogP contribution in [-0.4, -0.2) is 35.0 Å². The number of piperidine rings is 1. The summed E-state index contributed by atoms with van der Waals surface area (Å²) in [6.07, 6.45) is 1.48. The number of amides is 1. The third-order valence-electron chi connectivity index (χ3n) is 4.23. The van der Waals surface area contributed by atoms with E-state index in [0.717, 1.165) is 35.1 Å². The van der Waals surface area contributed by atoms with E-state index in [9.17, 15) is 19.1 Å². The first-order chi connectivity index (χ1) is 10.5. The number of likely N-dealkylation sites (tertiary alicyclic amines) is 1. The molecule has 0 saturated carbocycles. The lowest BCUT2D eigenvalue weighted by molar-refractivity contribution is -0.129. The average Bonchev–Trinajstić information content (AvgIpc) is 2.86. The second-order valence-corrected chi connectivity index (χ2v) is 6.62. The zero-order chi connectivity index (χ0) is 15.9. The van der Waals surface area contributed by atoms with Gasteiger partial charge in [-0.2, -0.15) is 0 Å². The number of benzene rings is 1. The van der Waals surface area contributed by atoms with Crippen LogP contribution in [0.15, 0.2) is 18.2 Å². The molecule has 1 aliphatic rings. The first-order valence-corrected chi connectivity index (χ1v) is 7.99. The van der Waals surface area contributed by atoms with E-state index in [4.69, 9.17) is 0 Å². The van der Waals surface area contributed by atoms with Crippen LogP contribution in [0.4, 0.5) is 4.39 Å². The Bertz CT molecular complexity index is 747. The van der Waals surface area contributed by atoms with Gasteiger partial charge in [0.15, 0.2) is 0 Å². The van der Waals surface area contributed by atoms with Gasteiger partial charge < -0.3 is 10.0 Å². The molecule has 6 heteroatoms. The van der Waals surface area contributed by atoms with Crippen molar-refractivity contribution in [1.82, 2.24) is 4.90 Å². The van der Waals surface area contributed by atoms with E-state index in [2.05, 4.69) is 0 Å². The lowest BCUT2D eigenvalue weighted by Crippen LogP contribution is -2.36. The maximum Gasteiger partial charge on any atom is 0.346 e. The minimum Gasteiger partial charge on any atom is -0.477 e. The number of hydrogen-bond donors (Lipinski definition) is 1. The van der Waals surface area contributed by atoms with Gasteiger partial charge in [-0.05, 0) is 41.8 Å². The number of carboxylic acid groups (broad SMARTS) is 1. The van der Waals surface area contributed by atoms with E-state index in [0.29, 0.717) is 22.7 Å². The quantitative estimate of drug-likeness (QED) is 0.921. The van der Waals surface area contributed by atoms with Crippen LogP contribution < -0.4 is 0 Å². The van der Waals surface area contributed by atoms with Gasteiger partial charge in [-0.15, -0.1) is 11.3 Å². The van der Waals surface area contributed by atoms with Crippen LogP contribution in [0, 0.1) is 5.82 Å². The van der Waals surface area contributed by atoms with E-state index >= 15 is 0 Å². The zero-order valence-electron chi connectivity index (χ0n) is 12.1. The molecule has 116 valence electrons. The summed E-state index contributed by atoms with van der Waals surface area (Å²) in [5.41, 5.74) is 0.802. The van der Waals surface area contributed by atoms with Gasteiger partial charge in [0.2, 0.25) is 5.91 Å². The van der Waals surface area contributed by atoms with Crippen LogP contribution in [0.25, 0.3) is 10.1 Å². The predicted molar refractivity (Wildman–Crippen MR) is 83.0 cm³/mol. The molecule has 4 nitrogen and oxygen atoms in total. The highest BCUT2D eigenvalue weighted by Gasteiger charge is 2.28. The molecular weight excluding hydrogens is 305 g/mol. The lowest BCUT2D eigenvalue weighted by Gasteiger charge is -2.31. The fourth-order valence-corrected chi connectivity index (χ4v) is 4.29. The van der Waals surface area contributed by atoms with Gasteiger partial charge in [0.05, 0.1) is 0 Å². The summed E-state index contributed by atoms with van der Waals surface area (Å²) in [6.45, 7) is 2.82. The van der Waals surface area contributed by atoms with Crippen LogP contribution in [0.3, 0.4) is 0 Å². The van der Waals surface area contributed by atoms with Crippen molar-refractivity contribution in [2.75, 3.05) is 13.1 Å². The summed E-state index contributed by atoms with van der Waals surface area (Å²) in [5, 5.41) is 10.3. The molecule has 0 unspecified atom stereocenters. The molecule has 1 aromatic carbocycles. The fraction of sp³-hybridized carbons (Fsp3) is 0.375. The monoisotopic (exact) mass is 321 g/mol. The van der Waals surface area contributed by atoms with Gasteiger partial charge in [0, 0.05) is 24.7 Å². The Morgan fingerprint density at radius 1 is 1.32 bits per heavy atom. The number of carboxylic acids is 1. The molecule has 1 saturated heterocycles. The minimum absolute atomic E-state index is 0.0501. The van der Waals surface area contributed by atoms with Crippen molar-refractivity contribution in [3.63, 3.8) is 0 Å². The van der Waals surface area contributed by atoms with Gasteiger partial charge in [-0.3, -0.25) is 4.79 Å². The predicted octanol–water partition coefficient (Wildman–Crippen LogP) is 3.46. The van der Waals surface area contributed by atoms with Gasteiger partial charge in [-0.1, -0.05) is 6.07 Å². The summed E-state index contributed by atoms with van der Waals surface area (Å²) in [5.74, 6) is -1.18. The van der Waals surface area contributed by atoms with Crippen molar-refractivity contribution >= 4 is 33.3 Å². The number of fused-ring (bicyclic) bond motifs is 1. The van der Waals surface area contributed by atoms with Crippen LogP contribution >= 0.6 is 11.3 Å². The number of thiophene rings is 1. The summed E-state index contributed by atoms with van der Waals surface area (Å²) >= 11 is 1.13. The highest BCUT2D eigenvalue weighted by molar-refractivity contribution is 7.21. The number of nitrogens with zero attached hydrogens (tertiary/aromatic N) is 1. The Labute approximate surface area is 131 Å². The van der Waals surface area contributed by atoms with Crippen molar-refractivity contribution in [2.24, 2.45) is 0 Å². The summed E-state index contributed by atoms with van der Waals surface area (Å²) in [4.78, 5) is 25.0. The van der Waals surface area contributed by atoms with Crippen molar-refractivity contribution < 1.29 is 19.1 Å². The molecule has 2 heterocycles. The fourth-order valence-electron chi connectivity index (χ4n) is 3.14. The molecule has 0 spiro atoms. The molecule has 22 heavy (non-hydrogen) atoms. The first-order valence-electron chi connectivity index (χ1n) is 7.18. The topological polar surface area (TPSA) is 57.6 Å². The van der Waals surface area contributed by atoms with Crippen molar-refractivity contribution in [3.8, 4) is 0 Å². The molecule has 3 rings (SSSR count). The van der Waals surface area contributed by atoms with E-state index < -0.39 is 5.97 Å². The van der Waals surface area contributed by atoms with Gasteiger partial charge in [0.25, 0.3) is 0 Å². The van der Waals surface area contributed by atoms with E-state index in [1.165, 1.54) is 12.1 Å². The van der Waals surface area contributed by atoms with Crippen molar-refractivity contribution in [2.45, 2.75) is 25.7 Å². The largest absolute Gasteiger partial charge is 0.477 e. The average molecular weight is 321 g/mol. The zero-order valence-corrected chi connectivity index (χ0v) is 13.0. The summed E-state index contributed by atoms with van der Waals surface area (Å²) in [6, 6.07) is 4.43. The van der Waals surface area contributed by atoms with E-state index in [-0.39, 0.29) is 17.6 Å². The smallest absolute Gasteiger partial charge is 0.346 e. The molecule has 1 N–H and O–H groups in total. The summed E-state index contributed by atoms with van der Waals surface area (Å²) in [7, 11) is 0. The molecule has 0 bridgehead atoms. The Hall–Kier alpha value is -1.95. The van der Waals surface area contributed by atoms with E-state index in [1.54, 1.807) is 17.9 Å². The Morgan fingerprint density at radius 2 is 2.00 bits per heavy atom. The molecular formula is C16H16FNO3S. The molecule has 0 radical (unpaired) electrons. The van der Waals surface area contributed by atoms with Crippen LogP contribution in [-0.2, 0) is 4.79 Å². The number of aromatic carboxylic acids is 1. The highest BCUT2D eigenvalue weighted by Crippen LogP contribution is 2.40. The molecule has 1 amide bonds. The second-order valence-electron chi connectivity index (χ2n) is 5.57. The third kappa shape index (κ3) is 2.59.